The van der Waals surface area contributed by atoms with Gasteiger partial charge in [0.05, 0.1) is 11.5 Å². The second kappa shape index (κ2) is 8.97. The summed E-state index contributed by atoms with van der Waals surface area (Å²) in [6, 6.07) is 12.0. The van der Waals surface area contributed by atoms with E-state index < -0.39 is 11.5 Å². The molecule has 0 atom stereocenters. The van der Waals surface area contributed by atoms with Gasteiger partial charge in [-0.3, -0.25) is 15.0 Å². The molecule has 1 aliphatic rings. The van der Waals surface area contributed by atoms with Crippen molar-refractivity contribution in [1.82, 2.24) is 4.90 Å². The quantitative estimate of drug-likeness (QED) is 0.431. The number of nitrogens with zero attached hydrogens (tertiary/aromatic N) is 2. The fourth-order valence-electron chi connectivity index (χ4n) is 3.10. The van der Waals surface area contributed by atoms with Gasteiger partial charge in [-0.2, -0.15) is 8.78 Å². The van der Waals surface area contributed by atoms with Crippen LogP contribution in [0.3, 0.4) is 0 Å². The molecule has 0 N–H and O–H groups in total. The van der Waals surface area contributed by atoms with Gasteiger partial charge in [0.25, 0.3) is 5.69 Å². The summed E-state index contributed by atoms with van der Waals surface area (Å²) in [6.45, 7) is 0.358. The number of benzene rings is 2. The van der Waals surface area contributed by atoms with Gasteiger partial charge in [-0.05, 0) is 43.0 Å². The van der Waals surface area contributed by atoms with Crippen LogP contribution in [-0.4, -0.2) is 29.1 Å². The van der Waals surface area contributed by atoms with E-state index in [0.717, 1.165) is 24.0 Å². The predicted octanol–water partition coefficient (Wildman–Crippen LogP) is 4.76. The molecule has 0 heterocycles. The van der Waals surface area contributed by atoms with E-state index in [2.05, 4.69) is 9.64 Å². The highest BCUT2D eigenvalue weighted by Crippen LogP contribution is 2.33. The predicted molar refractivity (Wildman–Crippen MR) is 99.6 cm³/mol. The molecule has 1 aliphatic carbocycles. The summed E-state index contributed by atoms with van der Waals surface area (Å²) in [4.78, 5) is 12.8. The number of nitro benzene ring substituents is 1. The van der Waals surface area contributed by atoms with Crippen molar-refractivity contribution in [2.75, 3.05) is 6.61 Å². The SMILES string of the molecule is CCOc1cc(CN(Cc2cccc([N+](=O)[O-])c2)C2CC2)ccc1OC(F)F. The van der Waals surface area contributed by atoms with Crippen molar-refractivity contribution < 1.29 is 23.2 Å². The Morgan fingerprint density at radius 3 is 2.46 bits per heavy atom. The Balaban J connectivity index is 1.76. The van der Waals surface area contributed by atoms with Gasteiger partial charge < -0.3 is 9.47 Å². The first-order valence-corrected chi connectivity index (χ1v) is 9.14. The van der Waals surface area contributed by atoms with Gasteiger partial charge >= 0.3 is 6.61 Å². The molecule has 0 aliphatic heterocycles. The van der Waals surface area contributed by atoms with Crippen molar-refractivity contribution in [2.45, 2.75) is 45.5 Å². The van der Waals surface area contributed by atoms with Gasteiger partial charge in [-0.15, -0.1) is 0 Å². The summed E-state index contributed by atoms with van der Waals surface area (Å²) in [5.41, 5.74) is 1.84. The Labute approximate surface area is 161 Å². The maximum Gasteiger partial charge on any atom is 0.387 e. The van der Waals surface area contributed by atoms with E-state index in [4.69, 9.17) is 4.74 Å². The minimum absolute atomic E-state index is 0.0113. The second-order valence-electron chi connectivity index (χ2n) is 6.66. The first-order chi connectivity index (χ1) is 13.5. The highest BCUT2D eigenvalue weighted by molar-refractivity contribution is 5.43. The average Bonchev–Trinajstić information content (AvgIpc) is 3.48. The van der Waals surface area contributed by atoms with E-state index >= 15 is 0 Å². The summed E-state index contributed by atoms with van der Waals surface area (Å²) in [6.07, 6.45) is 2.14. The van der Waals surface area contributed by atoms with Gasteiger partial charge in [0.1, 0.15) is 0 Å². The van der Waals surface area contributed by atoms with Crippen molar-refractivity contribution in [1.29, 1.82) is 0 Å². The second-order valence-corrected chi connectivity index (χ2v) is 6.66. The number of ether oxygens (including phenoxy) is 2. The van der Waals surface area contributed by atoms with Crippen molar-refractivity contribution in [2.24, 2.45) is 0 Å². The van der Waals surface area contributed by atoms with Crippen LogP contribution >= 0.6 is 0 Å². The van der Waals surface area contributed by atoms with Crippen LogP contribution in [0.1, 0.15) is 30.9 Å². The molecule has 1 fully saturated rings. The minimum Gasteiger partial charge on any atom is -0.490 e. The van der Waals surface area contributed by atoms with Gasteiger partial charge in [0.2, 0.25) is 0 Å². The summed E-state index contributed by atoms with van der Waals surface area (Å²) in [5.74, 6) is 0.295. The molecule has 0 saturated heterocycles. The zero-order chi connectivity index (χ0) is 20.1. The average molecular weight is 392 g/mol. The van der Waals surface area contributed by atoms with Crippen molar-refractivity contribution in [3.63, 3.8) is 0 Å². The fourth-order valence-corrected chi connectivity index (χ4v) is 3.10. The van der Waals surface area contributed by atoms with E-state index in [-0.39, 0.29) is 17.2 Å². The Morgan fingerprint density at radius 1 is 1.14 bits per heavy atom. The maximum absolute atomic E-state index is 12.6. The molecule has 6 nitrogen and oxygen atoms in total. The molecule has 0 unspecified atom stereocenters. The molecule has 28 heavy (non-hydrogen) atoms. The normalized spacial score (nSPS) is 13.8. The fraction of sp³-hybridized carbons (Fsp3) is 0.400. The lowest BCUT2D eigenvalue weighted by Gasteiger charge is -2.23. The zero-order valence-electron chi connectivity index (χ0n) is 15.5. The maximum atomic E-state index is 12.6. The monoisotopic (exact) mass is 392 g/mol. The molecule has 1 saturated carbocycles. The molecule has 0 radical (unpaired) electrons. The molecule has 0 spiro atoms. The number of nitro groups is 1. The number of rotatable bonds is 10. The van der Waals surface area contributed by atoms with Crippen LogP contribution in [0.2, 0.25) is 0 Å². The third kappa shape index (κ3) is 5.39. The summed E-state index contributed by atoms with van der Waals surface area (Å²) < 4.78 is 35.1. The van der Waals surface area contributed by atoms with Gasteiger partial charge in [-0.25, -0.2) is 0 Å². The van der Waals surface area contributed by atoms with E-state index in [0.29, 0.717) is 25.7 Å². The first kappa shape index (κ1) is 20.0. The number of hydrogen-bond acceptors (Lipinski definition) is 5. The van der Waals surface area contributed by atoms with Crippen molar-refractivity contribution in [3.05, 3.63) is 63.7 Å². The molecule has 150 valence electrons. The van der Waals surface area contributed by atoms with E-state index in [9.17, 15) is 18.9 Å². The number of non-ortho nitro benzene ring substituents is 1. The Kier molecular flexibility index (Phi) is 6.41. The van der Waals surface area contributed by atoms with Crippen LogP contribution < -0.4 is 9.47 Å². The smallest absolute Gasteiger partial charge is 0.387 e. The molecule has 0 amide bonds. The largest absolute Gasteiger partial charge is 0.490 e. The summed E-state index contributed by atoms with van der Waals surface area (Å²) in [5, 5.41) is 11.0. The molecule has 8 heteroatoms. The van der Waals surface area contributed by atoms with Gasteiger partial charge in [-0.1, -0.05) is 18.2 Å². The Morgan fingerprint density at radius 2 is 1.86 bits per heavy atom. The Bertz CT molecular complexity index is 828. The van der Waals surface area contributed by atoms with E-state index in [1.54, 1.807) is 31.2 Å². The van der Waals surface area contributed by atoms with Gasteiger partial charge in [0.15, 0.2) is 11.5 Å². The molecule has 3 rings (SSSR count). The van der Waals surface area contributed by atoms with Crippen LogP contribution in [0, 0.1) is 10.1 Å². The number of alkyl halides is 2. The van der Waals surface area contributed by atoms with E-state index in [1.807, 2.05) is 6.07 Å². The topological polar surface area (TPSA) is 64.8 Å². The standard InChI is InChI=1S/C20H22F2N2O4/c1-2-27-19-11-15(6-9-18(19)28-20(21)22)13-23(16-7-8-16)12-14-4-3-5-17(10-14)24(25)26/h3-6,9-11,16,20H,2,7-8,12-13H2,1H3. The lowest BCUT2D eigenvalue weighted by atomic mass is 10.1. The van der Waals surface area contributed by atoms with Crippen molar-refractivity contribution in [3.8, 4) is 11.5 Å². The van der Waals surface area contributed by atoms with E-state index in [1.165, 1.54) is 12.1 Å². The van der Waals surface area contributed by atoms with Crippen LogP contribution in [-0.2, 0) is 13.1 Å². The number of hydrogen-bond donors (Lipinski definition) is 0. The first-order valence-electron chi connectivity index (χ1n) is 9.14. The molecule has 2 aromatic carbocycles. The third-order valence-corrected chi connectivity index (χ3v) is 4.48. The highest BCUT2D eigenvalue weighted by Gasteiger charge is 2.29. The lowest BCUT2D eigenvalue weighted by Crippen LogP contribution is -2.25. The minimum atomic E-state index is -2.91. The number of halogens is 2. The van der Waals surface area contributed by atoms with Crippen LogP contribution in [0.25, 0.3) is 0 Å². The third-order valence-electron chi connectivity index (χ3n) is 4.48. The van der Waals surface area contributed by atoms with Crippen LogP contribution in [0.4, 0.5) is 14.5 Å². The van der Waals surface area contributed by atoms with Gasteiger partial charge in [0, 0.05) is 31.3 Å². The molecular weight excluding hydrogens is 370 g/mol. The molecule has 2 aromatic rings. The lowest BCUT2D eigenvalue weighted by molar-refractivity contribution is -0.384. The summed E-state index contributed by atoms with van der Waals surface area (Å²) in [7, 11) is 0. The highest BCUT2D eigenvalue weighted by atomic mass is 19.3. The van der Waals surface area contributed by atoms with Crippen LogP contribution in [0.15, 0.2) is 42.5 Å². The van der Waals surface area contributed by atoms with Crippen molar-refractivity contribution >= 4 is 5.69 Å². The van der Waals surface area contributed by atoms with Crippen LogP contribution in [0.5, 0.6) is 11.5 Å². The molecule has 0 aromatic heterocycles. The summed E-state index contributed by atoms with van der Waals surface area (Å²) >= 11 is 0. The Hall–Kier alpha value is -2.74. The molecular formula is C20H22F2N2O4. The molecule has 0 bridgehead atoms. The zero-order valence-corrected chi connectivity index (χ0v) is 15.5.